The molecule has 6 aromatic carbocycles. The molecular weight excluding hydrogens is 750 g/mol. The van der Waals surface area contributed by atoms with E-state index in [0.717, 1.165) is 0 Å². The van der Waals surface area contributed by atoms with Gasteiger partial charge in [-0.25, -0.2) is 0 Å². The summed E-state index contributed by atoms with van der Waals surface area (Å²) in [4.78, 5) is 15.9. The Bertz CT molecular complexity index is 1420. The van der Waals surface area contributed by atoms with Gasteiger partial charge in [-0.3, -0.25) is 0 Å². The first-order chi connectivity index (χ1) is 20.7. The molecule has 0 saturated carbocycles. The van der Waals surface area contributed by atoms with Crippen LogP contribution in [0.25, 0.3) is 0 Å². The fourth-order valence-corrected chi connectivity index (χ4v) is 80.2. The predicted molar refractivity (Wildman–Crippen MR) is 186 cm³/mol. The van der Waals surface area contributed by atoms with E-state index >= 15 is 0 Å². The van der Waals surface area contributed by atoms with E-state index in [-0.39, 0.29) is 0 Å². The molecule has 1 nitrogen and oxygen atoms in total. The van der Waals surface area contributed by atoms with Crippen LogP contribution in [0.5, 0.6) is 0 Å². The third-order valence-corrected chi connectivity index (χ3v) is 68.1. The third-order valence-electron chi connectivity index (χ3n) is 7.79. The van der Waals surface area contributed by atoms with Crippen molar-refractivity contribution < 1.29 is 18.1 Å². The second-order valence-corrected chi connectivity index (χ2v) is 48.8. The summed E-state index contributed by atoms with van der Waals surface area (Å²) in [5, 5.41) is 7.11. The summed E-state index contributed by atoms with van der Waals surface area (Å²) in [7, 11) is 8.72. The van der Waals surface area contributed by atoms with Crippen molar-refractivity contribution in [2.45, 2.75) is 0 Å². The fourth-order valence-electron chi connectivity index (χ4n) is 6.11. The molecule has 0 fully saturated rings. The van der Waals surface area contributed by atoms with E-state index in [0.29, 0.717) is 0 Å². The van der Waals surface area contributed by atoms with E-state index in [2.05, 4.69) is 182 Å². The van der Waals surface area contributed by atoms with E-state index in [1.165, 1.54) is 36.6 Å². The molecule has 5 heteroatoms. The van der Waals surface area contributed by atoms with Gasteiger partial charge >= 0.3 is 257 Å². The number of rotatable bonds is 9. The van der Waals surface area contributed by atoms with Crippen LogP contribution in [-0.2, 0) is 18.1 Å². The average molecular weight is 783 g/mol. The molecule has 0 atom stereocenters. The molecule has 6 aromatic rings. The average Bonchev–Trinajstić information content (AvgIpc) is 3.08. The van der Waals surface area contributed by atoms with Gasteiger partial charge in [0.1, 0.15) is 0 Å². The molecule has 0 bridgehead atoms. The molecule has 0 aliphatic rings. The second-order valence-electron chi connectivity index (χ2n) is 10.00. The number of hydrogen-bond donors (Lipinski definition) is 0. The van der Waals surface area contributed by atoms with Crippen LogP contribution < -0.4 is 31.8 Å². The molecule has 0 amide bonds. The zero-order valence-corrected chi connectivity index (χ0v) is 28.2. The van der Waals surface area contributed by atoms with Gasteiger partial charge < -0.3 is 0 Å². The van der Waals surface area contributed by atoms with Gasteiger partial charge in [-0.15, -0.1) is 0 Å². The summed E-state index contributed by atoms with van der Waals surface area (Å²) in [5.41, 5.74) is -6.43. The molecule has 0 spiro atoms. The van der Waals surface area contributed by atoms with Gasteiger partial charge in [-0.2, -0.15) is 0 Å². The minimum absolute atomic E-state index is 1.18. The van der Waals surface area contributed by atoms with Crippen LogP contribution in [0.15, 0.2) is 182 Å². The summed E-state index contributed by atoms with van der Waals surface area (Å²) in [5.74, 6) is 0. The zero-order chi connectivity index (χ0) is 28.9. The van der Waals surface area contributed by atoms with Gasteiger partial charge in [0.2, 0.25) is 0 Å². The Labute approximate surface area is 255 Å². The predicted octanol–water partition coefficient (Wildman–Crippen LogP) is 6.77. The summed E-state index contributed by atoms with van der Waals surface area (Å²) >= 11 is -4.47. The molecular formula is C37H33ClIrOP2. The molecule has 0 saturated heterocycles. The van der Waals surface area contributed by atoms with Gasteiger partial charge in [0.25, 0.3) is 0 Å². The quantitative estimate of drug-likeness (QED) is 0.117. The van der Waals surface area contributed by atoms with Crippen molar-refractivity contribution in [3.63, 3.8) is 0 Å². The Morgan fingerprint density at radius 2 is 0.524 bits per heavy atom. The van der Waals surface area contributed by atoms with Gasteiger partial charge in [0.05, 0.1) is 0 Å². The van der Waals surface area contributed by atoms with E-state index in [1.807, 2.05) is 0 Å². The Morgan fingerprint density at radius 3 is 0.667 bits per heavy atom. The van der Waals surface area contributed by atoms with Crippen molar-refractivity contribution >= 4 is 57.2 Å². The zero-order valence-electron chi connectivity index (χ0n) is 23.0. The summed E-state index contributed by atoms with van der Waals surface area (Å²) in [6.45, 7) is 0. The maximum absolute atomic E-state index is 14.6. The van der Waals surface area contributed by atoms with Crippen molar-refractivity contribution in [1.82, 2.24) is 0 Å². The number of benzene rings is 6. The molecule has 0 aliphatic carbocycles. The van der Waals surface area contributed by atoms with Crippen molar-refractivity contribution in [2.24, 2.45) is 0 Å². The van der Waals surface area contributed by atoms with Crippen LogP contribution in [0.3, 0.4) is 0 Å². The molecule has 0 heterocycles. The van der Waals surface area contributed by atoms with E-state index < -0.39 is 24.3 Å². The summed E-state index contributed by atoms with van der Waals surface area (Å²) in [6, 6.07) is 64.2. The number of carbonyl (C=O) groups is 1. The van der Waals surface area contributed by atoms with E-state index in [9.17, 15) is 4.79 Å². The minimum atomic E-state index is -4.47. The Balaban J connectivity index is 1.90. The molecule has 0 aliphatic heterocycles. The molecule has 213 valence electrons. The van der Waals surface area contributed by atoms with Gasteiger partial charge in [0.15, 0.2) is 0 Å². The molecule has 0 N–H and O–H groups in total. The van der Waals surface area contributed by atoms with Gasteiger partial charge in [-0.1, -0.05) is 0 Å². The SMILES string of the molecule is O=[CH][Ir]([Cl])([PH](c1ccccc1)(c1ccccc1)c1ccccc1)[PH](c1ccccc1)(c1ccccc1)c1ccccc1. The van der Waals surface area contributed by atoms with E-state index in [1.54, 1.807) is 0 Å². The maximum atomic E-state index is 14.6. The van der Waals surface area contributed by atoms with Crippen LogP contribution in [-0.4, -0.2) is 4.80 Å². The van der Waals surface area contributed by atoms with E-state index in [4.69, 9.17) is 9.58 Å². The van der Waals surface area contributed by atoms with Crippen molar-refractivity contribution in [3.05, 3.63) is 182 Å². The third kappa shape index (κ3) is 4.55. The number of carbonyl (C=O) groups excluding carboxylic acids is 1. The second kappa shape index (κ2) is 12.6. The number of halogens is 1. The fraction of sp³-hybridized carbons (Fsp3) is 0. The summed E-state index contributed by atoms with van der Waals surface area (Å²) in [6.07, 6.45) is 0. The molecule has 0 unspecified atom stereocenters. The summed E-state index contributed by atoms with van der Waals surface area (Å²) < 4.78 is 0. The molecule has 0 aromatic heterocycles. The van der Waals surface area contributed by atoms with Crippen LogP contribution in [0.2, 0.25) is 0 Å². The molecule has 6 rings (SSSR count). The van der Waals surface area contributed by atoms with Crippen LogP contribution >= 0.6 is 20.6 Å². The monoisotopic (exact) mass is 783 g/mol. The molecule has 42 heavy (non-hydrogen) atoms. The molecule has 0 radical (unpaired) electrons. The normalized spacial score (nSPS) is 14.7. The standard InChI is InChI=1S/2C18H15P.CHO.ClH.Ir/c2*1-4-10-16(11-5-1)19(17-12-6-2-7-13-17)18-14-8-3-9-15-18;1-2;;/h2*1-15H;1H;1H;/q;;;;-1/p+1. The first-order valence-electron chi connectivity index (χ1n) is 13.9. The Morgan fingerprint density at radius 1 is 0.357 bits per heavy atom. The topological polar surface area (TPSA) is 17.1 Å². The first-order valence-corrected chi connectivity index (χ1v) is 29.1. The Kier molecular flexibility index (Phi) is 8.65. The van der Waals surface area contributed by atoms with Crippen molar-refractivity contribution in [3.8, 4) is 0 Å². The van der Waals surface area contributed by atoms with Gasteiger partial charge in [-0.05, 0) is 0 Å². The van der Waals surface area contributed by atoms with Crippen molar-refractivity contribution in [2.75, 3.05) is 0 Å². The van der Waals surface area contributed by atoms with Crippen LogP contribution in [0.4, 0.5) is 0 Å². The van der Waals surface area contributed by atoms with Gasteiger partial charge in [0, 0.05) is 0 Å². The van der Waals surface area contributed by atoms with Crippen molar-refractivity contribution in [1.29, 1.82) is 0 Å². The Hall–Kier alpha value is -3.21. The van der Waals surface area contributed by atoms with Crippen LogP contribution in [0, 0.1) is 0 Å². The van der Waals surface area contributed by atoms with Crippen LogP contribution in [0.1, 0.15) is 0 Å². The first kappa shape index (κ1) is 28.9. The number of hydrogen-bond acceptors (Lipinski definition) is 1.